The minimum absolute atomic E-state index is 0. The second-order valence-corrected chi connectivity index (χ2v) is 0.465. The van der Waals surface area contributed by atoms with E-state index >= 15 is 0 Å². The summed E-state index contributed by atoms with van der Waals surface area (Å²) in [6, 6.07) is 0. The Morgan fingerprint density at radius 3 is 1.50 bits per heavy atom. The van der Waals surface area contributed by atoms with Crippen LogP contribution in [0.5, 0.6) is 0 Å². The maximum atomic E-state index is 9.12. The third-order valence-corrected chi connectivity index (χ3v) is 0.157. The molecule has 0 atom stereocenters. The molecule has 0 radical (unpaired) electrons. The normalized spacial score (nSPS) is 4.67. The van der Waals surface area contributed by atoms with Gasteiger partial charge < -0.3 is 9.59 Å². The van der Waals surface area contributed by atoms with Crippen LogP contribution in [-0.4, -0.2) is 12.6 Å². The fourth-order valence-corrected chi connectivity index (χ4v) is 0.0321. The predicted octanol–water partition coefficient (Wildman–Crippen LogP) is -3.41. The predicted molar refractivity (Wildman–Crippen MR) is 16.4 cm³/mol. The van der Waals surface area contributed by atoms with Gasteiger partial charge in [0.25, 0.3) is 0 Å². The largest absolute Gasteiger partial charge is 1.00 e. The zero-order chi connectivity index (χ0) is 4.12. The fraction of sp³-hybridized carbons (Fsp3) is 0. The van der Waals surface area contributed by atoms with E-state index in [4.69, 9.17) is 9.59 Å². The number of aldehydes is 2. The Labute approximate surface area is 58.2 Å². The number of carbonyl (C=O) groups is 2. The van der Waals surface area contributed by atoms with Crippen molar-refractivity contribution in [3.05, 3.63) is 6.42 Å². The van der Waals surface area contributed by atoms with Gasteiger partial charge in [0.15, 0.2) is 0 Å². The van der Waals surface area contributed by atoms with Crippen LogP contribution in [0.25, 0.3) is 0 Å². The molecule has 0 spiro atoms. The Bertz CT molecular complexity index is 38.1. The van der Waals surface area contributed by atoms with Crippen molar-refractivity contribution >= 4 is 12.6 Å². The monoisotopic (exact) mass is 94.0 g/mol. The first-order chi connectivity index (χ1) is 2.41. The summed E-state index contributed by atoms with van der Waals surface area (Å²) in [5.74, 6) is 0. The van der Waals surface area contributed by atoms with Gasteiger partial charge in [0.05, 0.1) is 0 Å². The van der Waals surface area contributed by atoms with Gasteiger partial charge in [-0.2, -0.15) is 0 Å². The first-order valence-electron chi connectivity index (χ1n) is 1.14. The fourth-order valence-electron chi connectivity index (χ4n) is 0.0321. The summed E-state index contributed by atoms with van der Waals surface area (Å²) in [5.41, 5.74) is 0. The molecule has 0 amide bonds. The molecule has 6 heavy (non-hydrogen) atoms. The molecule has 3 heteroatoms. The Hall–Kier alpha value is 0.210. The topological polar surface area (TPSA) is 34.1 Å². The van der Waals surface area contributed by atoms with Crippen LogP contribution in [0.15, 0.2) is 0 Å². The van der Waals surface area contributed by atoms with E-state index in [1.165, 1.54) is 0 Å². The van der Waals surface area contributed by atoms with Crippen LogP contribution in [0, 0.1) is 6.42 Å². The van der Waals surface area contributed by atoms with E-state index in [-0.39, 0.29) is 29.6 Å². The minimum atomic E-state index is 0. The van der Waals surface area contributed by atoms with Gasteiger partial charge in [-0.3, -0.25) is 6.42 Å². The average Bonchev–Trinajstić information content (AvgIpc) is 1.41. The van der Waals surface area contributed by atoms with E-state index in [0.717, 1.165) is 6.42 Å². The van der Waals surface area contributed by atoms with Crippen molar-refractivity contribution in [2.45, 2.75) is 0 Å². The van der Waals surface area contributed by atoms with Crippen LogP contribution in [0.3, 0.4) is 0 Å². The van der Waals surface area contributed by atoms with Crippen LogP contribution in [0.4, 0.5) is 0 Å². The molecule has 0 rings (SSSR count). The SMILES string of the molecule is O=C[CH-]C=O.[Na+]. The van der Waals surface area contributed by atoms with Gasteiger partial charge in [-0.15, -0.1) is 0 Å². The van der Waals surface area contributed by atoms with Gasteiger partial charge in [0.2, 0.25) is 0 Å². The third kappa shape index (κ3) is 8.88. The van der Waals surface area contributed by atoms with Crippen molar-refractivity contribution in [2.24, 2.45) is 0 Å². The maximum Gasteiger partial charge on any atom is 1.00 e. The second-order valence-electron chi connectivity index (χ2n) is 0.465. The minimum Gasteiger partial charge on any atom is -0.338 e. The average molecular weight is 94.0 g/mol. The van der Waals surface area contributed by atoms with Crippen LogP contribution < -0.4 is 29.6 Å². The van der Waals surface area contributed by atoms with Crippen LogP contribution in [-0.2, 0) is 9.59 Å². The van der Waals surface area contributed by atoms with E-state index in [1.54, 1.807) is 0 Å². The van der Waals surface area contributed by atoms with E-state index in [0.29, 0.717) is 12.6 Å². The molecule has 0 N–H and O–H groups in total. The molecule has 0 aliphatic carbocycles. The molecule has 0 fully saturated rings. The van der Waals surface area contributed by atoms with Gasteiger partial charge >= 0.3 is 29.6 Å². The summed E-state index contributed by atoms with van der Waals surface area (Å²) in [6.07, 6.45) is 1.76. The van der Waals surface area contributed by atoms with Crippen molar-refractivity contribution in [3.63, 3.8) is 0 Å². The van der Waals surface area contributed by atoms with E-state index < -0.39 is 0 Å². The summed E-state index contributed by atoms with van der Waals surface area (Å²) < 4.78 is 0. The zero-order valence-corrected chi connectivity index (χ0v) is 5.55. The Morgan fingerprint density at radius 2 is 1.50 bits per heavy atom. The van der Waals surface area contributed by atoms with Crippen LogP contribution >= 0.6 is 0 Å². The molecule has 0 unspecified atom stereocenters. The Balaban J connectivity index is 0. The third-order valence-electron chi connectivity index (χ3n) is 0.157. The number of rotatable bonds is 2. The van der Waals surface area contributed by atoms with Gasteiger partial charge in [-0.05, 0) is 12.6 Å². The first kappa shape index (κ1) is 9.51. The molecule has 0 heterocycles. The molecule has 0 bridgehead atoms. The van der Waals surface area contributed by atoms with Crippen molar-refractivity contribution < 1.29 is 39.1 Å². The standard InChI is InChI=1S/C3H3O2.Na/c4-2-1-3-5;/h1-3H;/q-1;+1. The van der Waals surface area contributed by atoms with Crippen molar-refractivity contribution in [3.8, 4) is 0 Å². The quantitative estimate of drug-likeness (QED) is 0.155. The molecule has 0 saturated heterocycles. The van der Waals surface area contributed by atoms with E-state index in [1.807, 2.05) is 0 Å². The van der Waals surface area contributed by atoms with Crippen LogP contribution in [0.1, 0.15) is 0 Å². The summed E-state index contributed by atoms with van der Waals surface area (Å²) >= 11 is 0. The smallest absolute Gasteiger partial charge is 0.338 e. The Kier molecular flexibility index (Phi) is 14.2. The van der Waals surface area contributed by atoms with E-state index in [2.05, 4.69) is 0 Å². The van der Waals surface area contributed by atoms with Crippen molar-refractivity contribution in [1.82, 2.24) is 0 Å². The van der Waals surface area contributed by atoms with E-state index in [9.17, 15) is 0 Å². The Morgan fingerprint density at radius 1 is 1.17 bits per heavy atom. The molecule has 0 aliphatic heterocycles. The summed E-state index contributed by atoms with van der Waals surface area (Å²) in [6.45, 7) is 0. The van der Waals surface area contributed by atoms with Gasteiger partial charge in [0, 0.05) is 0 Å². The summed E-state index contributed by atoms with van der Waals surface area (Å²) in [5, 5.41) is 0. The van der Waals surface area contributed by atoms with Crippen LogP contribution in [0.2, 0.25) is 0 Å². The second kappa shape index (κ2) is 8.96. The molecule has 0 aromatic rings. The molecular weight excluding hydrogens is 91.0 g/mol. The molecule has 2 nitrogen and oxygen atoms in total. The van der Waals surface area contributed by atoms with Crippen molar-refractivity contribution in [1.29, 1.82) is 0 Å². The van der Waals surface area contributed by atoms with Gasteiger partial charge in [-0.1, -0.05) is 0 Å². The molecule has 28 valence electrons. The zero-order valence-electron chi connectivity index (χ0n) is 3.55. The molecule has 0 saturated carbocycles. The number of hydrogen-bond acceptors (Lipinski definition) is 2. The maximum absolute atomic E-state index is 9.12. The molecule has 0 aromatic carbocycles. The molecule has 0 aliphatic rings. The van der Waals surface area contributed by atoms with Gasteiger partial charge in [0.1, 0.15) is 0 Å². The molecule has 0 aromatic heterocycles. The summed E-state index contributed by atoms with van der Waals surface area (Å²) in [4.78, 5) is 18.2. The number of hydrogen-bond donors (Lipinski definition) is 0. The molecular formula is C3H3NaO2. The summed E-state index contributed by atoms with van der Waals surface area (Å²) in [7, 11) is 0. The van der Waals surface area contributed by atoms with Crippen molar-refractivity contribution in [2.75, 3.05) is 0 Å². The first-order valence-corrected chi connectivity index (χ1v) is 1.14. The number of carbonyl (C=O) groups excluding carboxylic acids is 2. The van der Waals surface area contributed by atoms with Gasteiger partial charge in [-0.25, -0.2) is 0 Å².